The first-order valence-corrected chi connectivity index (χ1v) is 7.98. The van der Waals surface area contributed by atoms with Crippen molar-refractivity contribution in [3.63, 3.8) is 0 Å². The van der Waals surface area contributed by atoms with Crippen LogP contribution in [-0.4, -0.2) is 63.8 Å². The van der Waals surface area contributed by atoms with Crippen molar-refractivity contribution in [2.75, 3.05) is 46.9 Å². The van der Waals surface area contributed by atoms with Crippen molar-refractivity contribution in [3.8, 4) is 0 Å². The summed E-state index contributed by atoms with van der Waals surface area (Å²) in [6.45, 7) is 6.76. The molecule has 0 spiro atoms. The van der Waals surface area contributed by atoms with E-state index in [-0.39, 0.29) is 0 Å². The Hall–Kier alpha value is -0.810. The lowest BCUT2D eigenvalue weighted by molar-refractivity contribution is 0.161. The molecule has 1 fully saturated rings. The Morgan fingerprint density at radius 1 is 1.30 bits per heavy atom. The zero-order chi connectivity index (χ0) is 14.6. The first-order chi connectivity index (χ1) is 9.76. The van der Waals surface area contributed by atoms with E-state index in [1.165, 1.54) is 25.7 Å². The maximum Gasteiger partial charge on any atom is 0.191 e. The summed E-state index contributed by atoms with van der Waals surface area (Å²) < 4.78 is 5.07. The number of guanidine groups is 1. The van der Waals surface area contributed by atoms with Crippen molar-refractivity contribution < 1.29 is 4.74 Å². The average Bonchev–Trinajstić information content (AvgIpc) is 2.94. The van der Waals surface area contributed by atoms with Gasteiger partial charge in [0.2, 0.25) is 0 Å². The summed E-state index contributed by atoms with van der Waals surface area (Å²) in [5.41, 5.74) is 0. The van der Waals surface area contributed by atoms with E-state index in [1.807, 2.05) is 0 Å². The molecule has 1 rings (SSSR count). The van der Waals surface area contributed by atoms with Gasteiger partial charge in [-0.3, -0.25) is 4.99 Å². The van der Waals surface area contributed by atoms with Crippen molar-refractivity contribution in [2.24, 2.45) is 4.99 Å². The molecule has 0 aromatic rings. The van der Waals surface area contributed by atoms with Crippen LogP contribution in [0.25, 0.3) is 0 Å². The van der Waals surface area contributed by atoms with E-state index in [2.05, 4.69) is 34.5 Å². The molecule has 0 aliphatic heterocycles. The normalized spacial score (nSPS) is 16.9. The van der Waals surface area contributed by atoms with E-state index in [0.717, 1.165) is 45.2 Å². The minimum Gasteiger partial charge on any atom is -0.383 e. The van der Waals surface area contributed by atoms with Gasteiger partial charge in [0.1, 0.15) is 0 Å². The molecule has 2 N–H and O–H groups in total. The van der Waals surface area contributed by atoms with Gasteiger partial charge in [0.05, 0.1) is 6.61 Å². The first-order valence-electron chi connectivity index (χ1n) is 7.98. The lowest BCUT2D eigenvalue weighted by atomic mass is 10.2. The molecular formula is C15H32N4O. The van der Waals surface area contributed by atoms with E-state index in [1.54, 1.807) is 7.11 Å². The van der Waals surface area contributed by atoms with E-state index in [0.29, 0.717) is 6.04 Å². The van der Waals surface area contributed by atoms with E-state index >= 15 is 0 Å². The molecule has 5 nitrogen and oxygen atoms in total. The van der Waals surface area contributed by atoms with Crippen molar-refractivity contribution in [1.29, 1.82) is 0 Å². The van der Waals surface area contributed by atoms with Crippen LogP contribution in [0.15, 0.2) is 4.99 Å². The molecule has 20 heavy (non-hydrogen) atoms. The SMILES string of the molecule is CCNC(=NCCCN(C)CCOC)NC1CCCC1. The lowest BCUT2D eigenvalue weighted by Gasteiger charge is -2.17. The molecule has 0 heterocycles. The molecule has 0 atom stereocenters. The fraction of sp³-hybridized carbons (Fsp3) is 0.933. The maximum atomic E-state index is 5.07. The molecule has 118 valence electrons. The summed E-state index contributed by atoms with van der Waals surface area (Å²) in [6, 6.07) is 0.622. The Morgan fingerprint density at radius 3 is 2.70 bits per heavy atom. The molecular weight excluding hydrogens is 252 g/mol. The summed E-state index contributed by atoms with van der Waals surface area (Å²) in [4.78, 5) is 6.95. The topological polar surface area (TPSA) is 48.9 Å². The largest absolute Gasteiger partial charge is 0.383 e. The molecule has 0 radical (unpaired) electrons. The van der Waals surface area contributed by atoms with Gasteiger partial charge >= 0.3 is 0 Å². The van der Waals surface area contributed by atoms with Gasteiger partial charge in [-0.1, -0.05) is 12.8 Å². The van der Waals surface area contributed by atoms with Gasteiger partial charge < -0.3 is 20.3 Å². The number of hydrogen-bond donors (Lipinski definition) is 2. The van der Waals surface area contributed by atoms with Crippen LogP contribution in [0.4, 0.5) is 0 Å². The monoisotopic (exact) mass is 284 g/mol. The lowest BCUT2D eigenvalue weighted by Crippen LogP contribution is -2.42. The molecule has 5 heteroatoms. The van der Waals surface area contributed by atoms with Gasteiger partial charge in [-0.15, -0.1) is 0 Å². The average molecular weight is 284 g/mol. The summed E-state index contributed by atoms with van der Waals surface area (Å²) in [5.74, 6) is 0.985. The molecule has 0 unspecified atom stereocenters. The number of ether oxygens (including phenoxy) is 1. The second-order valence-electron chi connectivity index (χ2n) is 5.54. The van der Waals surface area contributed by atoms with Crippen LogP contribution in [-0.2, 0) is 4.74 Å². The molecule has 1 aliphatic carbocycles. The minimum atomic E-state index is 0.622. The number of aliphatic imine (C=N–C) groups is 1. The van der Waals surface area contributed by atoms with Gasteiger partial charge in [-0.25, -0.2) is 0 Å². The Morgan fingerprint density at radius 2 is 2.05 bits per heavy atom. The van der Waals surface area contributed by atoms with Gasteiger partial charge in [0.15, 0.2) is 5.96 Å². The third kappa shape index (κ3) is 7.70. The highest BCUT2D eigenvalue weighted by Gasteiger charge is 2.15. The van der Waals surface area contributed by atoms with Crippen LogP contribution < -0.4 is 10.6 Å². The van der Waals surface area contributed by atoms with Crippen molar-refractivity contribution >= 4 is 5.96 Å². The highest BCUT2D eigenvalue weighted by molar-refractivity contribution is 5.80. The van der Waals surface area contributed by atoms with Gasteiger partial charge in [0.25, 0.3) is 0 Å². The predicted molar refractivity (Wildman–Crippen MR) is 85.4 cm³/mol. The van der Waals surface area contributed by atoms with Crippen LogP contribution >= 0.6 is 0 Å². The van der Waals surface area contributed by atoms with Crippen LogP contribution in [0.3, 0.4) is 0 Å². The van der Waals surface area contributed by atoms with Crippen LogP contribution in [0.1, 0.15) is 39.0 Å². The van der Waals surface area contributed by atoms with Crippen molar-refractivity contribution in [3.05, 3.63) is 0 Å². The molecule has 1 aliphatic rings. The van der Waals surface area contributed by atoms with Gasteiger partial charge in [-0.2, -0.15) is 0 Å². The third-order valence-electron chi connectivity index (χ3n) is 3.69. The Balaban J connectivity index is 2.20. The second kappa shape index (κ2) is 10.9. The highest BCUT2D eigenvalue weighted by atomic mass is 16.5. The second-order valence-corrected chi connectivity index (χ2v) is 5.54. The number of hydrogen-bond acceptors (Lipinski definition) is 3. The fourth-order valence-electron chi connectivity index (χ4n) is 2.47. The maximum absolute atomic E-state index is 5.07. The Kier molecular flexibility index (Phi) is 9.41. The Labute approximate surface area is 124 Å². The molecule has 1 saturated carbocycles. The van der Waals surface area contributed by atoms with Crippen LogP contribution in [0.2, 0.25) is 0 Å². The number of methoxy groups -OCH3 is 1. The summed E-state index contributed by atoms with van der Waals surface area (Å²) >= 11 is 0. The highest BCUT2D eigenvalue weighted by Crippen LogP contribution is 2.17. The van der Waals surface area contributed by atoms with E-state index < -0.39 is 0 Å². The predicted octanol–water partition coefficient (Wildman–Crippen LogP) is 1.45. The standard InChI is InChI=1S/C15H32N4O/c1-4-16-15(18-14-8-5-6-9-14)17-10-7-11-19(2)12-13-20-3/h14H,4-13H2,1-3H3,(H2,16,17,18). The quantitative estimate of drug-likeness (QED) is 0.382. The van der Waals surface area contributed by atoms with Crippen LogP contribution in [0, 0.1) is 0 Å². The van der Waals surface area contributed by atoms with Crippen LogP contribution in [0.5, 0.6) is 0 Å². The smallest absolute Gasteiger partial charge is 0.191 e. The molecule has 0 aromatic heterocycles. The summed E-state index contributed by atoms with van der Waals surface area (Å²) in [5, 5.41) is 6.88. The molecule has 0 aromatic carbocycles. The van der Waals surface area contributed by atoms with E-state index in [4.69, 9.17) is 4.74 Å². The zero-order valence-electron chi connectivity index (χ0n) is 13.5. The molecule has 0 bridgehead atoms. The third-order valence-corrected chi connectivity index (χ3v) is 3.69. The molecule has 0 amide bonds. The number of nitrogens with zero attached hydrogens (tertiary/aromatic N) is 2. The van der Waals surface area contributed by atoms with Gasteiger partial charge in [-0.05, 0) is 39.8 Å². The van der Waals surface area contributed by atoms with E-state index in [9.17, 15) is 0 Å². The summed E-state index contributed by atoms with van der Waals surface area (Å²) in [7, 11) is 3.88. The fourth-order valence-corrected chi connectivity index (χ4v) is 2.47. The van der Waals surface area contributed by atoms with Gasteiger partial charge in [0, 0.05) is 32.8 Å². The summed E-state index contributed by atoms with van der Waals surface area (Å²) in [6.07, 6.45) is 6.35. The zero-order valence-corrected chi connectivity index (χ0v) is 13.5. The van der Waals surface area contributed by atoms with Crippen molar-refractivity contribution in [2.45, 2.75) is 45.1 Å². The number of nitrogens with one attached hydrogen (secondary N) is 2. The molecule has 0 saturated heterocycles. The minimum absolute atomic E-state index is 0.622. The van der Waals surface area contributed by atoms with Crippen molar-refractivity contribution in [1.82, 2.24) is 15.5 Å². The Bertz CT molecular complexity index is 265. The first kappa shape index (κ1) is 17.2. The number of likely N-dealkylation sites (N-methyl/N-ethyl adjacent to an activating group) is 1. The number of rotatable bonds is 9.